The van der Waals surface area contributed by atoms with Gasteiger partial charge in [0, 0.05) is 33.1 Å². The third kappa shape index (κ3) is 3.70. The Labute approximate surface area is 114 Å². The van der Waals surface area contributed by atoms with Crippen molar-refractivity contribution >= 4 is 17.3 Å². The lowest BCUT2D eigenvalue weighted by Crippen LogP contribution is -2.35. The van der Waals surface area contributed by atoms with Crippen LogP contribution in [0.25, 0.3) is 0 Å². The van der Waals surface area contributed by atoms with Gasteiger partial charge >= 0.3 is 0 Å². The molecule has 4 nitrogen and oxygen atoms in total. The van der Waals surface area contributed by atoms with Crippen molar-refractivity contribution in [3.63, 3.8) is 0 Å². The zero-order valence-electron chi connectivity index (χ0n) is 12.5. The fourth-order valence-electron chi connectivity index (χ4n) is 1.89. The van der Waals surface area contributed by atoms with E-state index in [9.17, 15) is 0 Å². The molecule has 102 valence electrons. The summed E-state index contributed by atoms with van der Waals surface area (Å²) in [6.45, 7) is 7.16. The van der Waals surface area contributed by atoms with Gasteiger partial charge in [-0.3, -0.25) is 0 Å². The van der Waals surface area contributed by atoms with E-state index in [2.05, 4.69) is 30.7 Å². The summed E-state index contributed by atoms with van der Waals surface area (Å²) in [6.07, 6.45) is 0. The molecule has 0 bridgehead atoms. The van der Waals surface area contributed by atoms with Crippen LogP contribution in [0.3, 0.4) is 0 Å². The van der Waals surface area contributed by atoms with Gasteiger partial charge in [-0.15, -0.1) is 11.3 Å². The average molecular weight is 268 g/mol. The van der Waals surface area contributed by atoms with E-state index >= 15 is 0 Å². The van der Waals surface area contributed by atoms with Crippen molar-refractivity contribution in [2.24, 2.45) is 4.99 Å². The van der Waals surface area contributed by atoms with Crippen LogP contribution in [0, 0.1) is 6.92 Å². The Hall–Kier alpha value is -1.10. The molecule has 1 aromatic rings. The number of rotatable bonds is 3. The molecular formula is C13H24N4S. The van der Waals surface area contributed by atoms with Crippen molar-refractivity contribution in [3.05, 3.63) is 15.6 Å². The van der Waals surface area contributed by atoms with E-state index in [4.69, 9.17) is 0 Å². The van der Waals surface area contributed by atoms with Gasteiger partial charge < -0.3 is 9.80 Å². The number of hydrogen-bond acceptors (Lipinski definition) is 3. The first kappa shape index (κ1) is 15.0. The lowest BCUT2D eigenvalue weighted by atomic mass is 10.1. The highest BCUT2D eigenvalue weighted by molar-refractivity contribution is 7.11. The first-order valence-corrected chi connectivity index (χ1v) is 6.99. The molecule has 5 heteroatoms. The standard InChI is InChI=1S/C13H24N4S/c1-9(2)12-10(3)18-11(15-12)8-14-13(16(4)5)17(6)7/h9H,8H2,1-7H3. The third-order valence-corrected chi connectivity index (χ3v) is 3.55. The summed E-state index contributed by atoms with van der Waals surface area (Å²) in [5.41, 5.74) is 1.21. The molecule has 1 aromatic heterocycles. The quantitative estimate of drug-likeness (QED) is 0.624. The largest absolute Gasteiger partial charge is 0.349 e. The summed E-state index contributed by atoms with van der Waals surface area (Å²) in [6, 6.07) is 0. The molecule has 0 fully saturated rings. The maximum Gasteiger partial charge on any atom is 0.195 e. The van der Waals surface area contributed by atoms with Crippen LogP contribution in [0.5, 0.6) is 0 Å². The van der Waals surface area contributed by atoms with Crippen LogP contribution in [-0.4, -0.2) is 48.9 Å². The normalized spacial score (nSPS) is 10.7. The van der Waals surface area contributed by atoms with Gasteiger partial charge in [0.1, 0.15) is 5.01 Å². The first-order chi connectivity index (χ1) is 8.32. The molecule has 0 unspecified atom stereocenters. The number of aliphatic imine (C=N–C) groups is 1. The van der Waals surface area contributed by atoms with E-state index in [1.54, 1.807) is 11.3 Å². The second-order valence-electron chi connectivity index (χ2n) is 5.11. The van der Waals surface area contributed by atoms with Crippen LogP contribution >= 0.6 is 11.3 Å². The van der Waals surface area contributed by atoms with Crippen molar-refractivity contribution < 1.29 is 0 Å². The van der Waals surface area contributed by atoms with Crippen LogP contribution < -0.4 is 0 Å². The second-order valence-corrected chi connectivity index (χ2v) is 6.40. The lowest BCUT2D eigenvalue weighted by Gasteiger charge is -2.22. The molecule has 0 saturated carbocycles. The minimum atomic E-state index is 0.487. The van der Waals surface area contributed by atoms with Crippen LogP contribution in [0.2, 0.25) is 0 Å². The molecule has 1 rings (SSSR count). The van der Waals surface area contributed by atoms with Crippen molar-refractivity contribution in [1.29, 1.82) is 0 Å². The second kappa shape index (κ2) is 6.18. The van der Waals surface area contributed by atoms with Gasteiger partial charge in [0.05, 0.1) is 12.2 Å². The van der Waals surface area contributed by atoms with Gasteiger partial charge in [0.15, 0.2) is 5.96 Å². The van der Waals surface area contributed by atoms with Crippen LogP contribution in [0.4, 0.5) is 0 Å². The maximum absolute atomic E-state index is 4.67. The lowest BCUT2D eigenvalue weighted by molar-refractivity contribution is 0.479. The van der Waals surface area contributed by atoms with Gasteiger partial charge in [-0.25, -0.2) is 9.98 Å². The predicted molar refractivity (Wildman–Crippen MR) is 79.5 cm³/mol. The molecule has 0 amide bonds. The van der Waals surface area contributed by atoms with Gasteiger partial charge in [-0.05, 0) is 12.8 Å². The maximum atomic E-state index is 4.67. The fraction of sp³-hybridized carbons (Fsp3) is 0.692. The highest BCUT2D eigenvalue weighted by atomic mass is 32.1. The van der Waals surface area contributed by atoms with E-state index in [1.807, 2.05) is 38.0 Å². The van der Waals surface area contributed by atoms with Gasteiger partial charge in [0.2, 0.25) is 0 Å². The topological polar surface area (TPSA) is 31.7 Å². The van der Waals surface area contributed by atoms with Gasteiger partial charge in [0.25, 0.3) is 0 Å². The van der Waals surface area contributed by atoms with E-state index < -0.39 is 0 Å². The summed E-state index contributed by atoms with van der Waals surface area (Å²) >= 11 is 1.75. The molecule has 0 saturated heterocycles. The molecule has 0 N–H and O–H groups in total. The number of hydrogen-bond donors (Lipinski definition) is 0. The Morgan fingerprint density at radius 2 is 1.78 bits per heavy atom. The Bertz CT molecular complexity index is 409. The summed E-state index contributed by atoms with van der Waals surface area (Å²) in [5.74, 6) is 1.45. The summed E-state index contributed by atoms with van der Waals surface area (Å²) in [4.78, 5) is 14.6. The number of aromatic nitrogens is 1. The summed E-state index contributed by atoms with van der Waals surface area (Å²) < 4.78 is 0. The van der Waals surface area contributed by atoms with Gasteiger partial charge in [-0.2, -0.15) is 0 Å². The van der Waals surface area contributed by atoms with Gasteiger partial charge in [-0.1, -0.05) is 13.8 Å². The molecular weight excluding hydrogens is 244 g/mol. The molecule has 0 radical (unpaired) electrons. The molecule has 0 aliphatic rings. The van der Waals surface area contributed by atoms with Crippen LogP contribution in [0.15, 0.2) is 4.99 Å². The summed E-state index contributed by atoms with van der Waals surface area (Å²) in [7, 11) is 8.02. The zero-order chi connectivity index (χ0) is 13.9. The number of guanidine groups is 1. The number of aryl methyl sites for hydroxylation is 1. The minimum Gasteiger partial charge on any atom is -0.349 e. The number of thiazole rings is 1. The fourth-order valence-corrected chi connectivity index (χ4v) is 2.90. The van der Waals surface area contributed by atoms with E-state index in [0.29, 0.717) is 12.5 Å². The molecule has 0 aliphatic heterocycles. The Morgan fingerprint density at radius 3 is 2.17 bits per heavy atom. The smallest absolute Gasteiger partial charge is 0.195 e. The van der Waals surface area contributed by atoms with E-state index in [1.165, 1.54) is 10.6 Å². The van der Waals surface area contributed by atoms with Crippen molar-refractivity contribution in [3.8, 4) is 0 Å². The van der Waals surface area contributed by atoms with Crippen molar-refractivity contribution in [1.82, 2.24) is 14.8 Å². The summed E-state index contributed by atoms with van der Waals surface area (Å²) in [5, 5.41) is 1.09. The van der Waals surface area contributed by atoms with Crippen molar-refractivity contribution in [2.45, 2.75) is 33.2 Å². The Morgan fingerprint density at radius 1 is 1.22 bits per heavy atom. The third-order valence-electron chi connectivity index (χ3n) is 2.58. The first-order valence-electron chi connectivity index (χ1n) is 6.18. The highest BCUT2D eigenvalue weighted by Crippen LogP contribution is 2.24. The van der Waals surface area contributed by atoms with Crippen molar-refractivity contribution in [2.75, 3.05) is 28.2 Å². The predicted octanol–water partition coefficient (Wildman–Crippen LogP) is 2.55. The molecule has 0 aromatic carbocycles. The zero-order valence-corrected chi connectivity index (χ0v) is 13.3. The average Bonchev–Trinajstić information content (AvgIpc) is 2.58. The number of nitrogens with zero attached hydrogens (tertiary/aromatic N) is 4. The van der Waals surface area contributed by atoms with E-state index in [0.717, 1.165) is 11.0 Å². The molecule has 0 spiro atoms. The monoisotopic (exact) mass is 268 g/mol. The molecule has 0 aliphatic carbocycles. The van der Waals surface area contributed by atoms with Crippen LogP contribution in [-0.2, 0) is 6.54 Å². The van der Waals surface area contributed by atoms with Crippen LogP contribution in [0.1, 0.15) is 35.3 Å². The molecule has 1 heterocycles. The Balaban J connectivity index is 2.85. The molecule has 0 atom stereocenters. The highest BCUT2D eigenvalue weighted by Gasteiger charge is 2.11. The SMILES string of the molecule is Cc1sc(CN=C(N(C)C)N(C)C)nc1C(C)C. The Kier molecular flexibility index (Phi) is 5.14. The molecule has 18 heavy (non-hydrogen) atoms. The minimum absolute atomic E-state index is 0.487. The van der Waals surface area contributed by atoms with E-state index in [-0.39, 0.29) is 0 Å².